The lowest BCUT2D eigenvalue weighted by Gasteiger charge is -2.26. The van der Waals surface area contributed by atoms with E-state index in [-0.39, 0.29) is 0 Å². The minimum Gasteiger partial charge on any atom is -0.363 e. The summed E-state index contributed by atoms with van der Waals surface area (Å²) in [4.78, 5) is 2.10. The van der Waals surface area contributed by atoms with Crippen LogP contribution in [0.3, 0.4) is 0 Å². The van der Waals surface area contributed by atoms with Gasteiger partial charge in [0.15, 0.2) is 0 Å². The standard InChI is InChI=1S/C23H16N4/c24-13-18-9-11-23(12-10-18)27(16-21-7-3-1-5-19(21)14-25)17-22-8-4-2-6-20(22)15-26/h1-12H,16-17H2. The van der Waals surface area contributed by atoms with Gasteiger partial charge in [-0.25, -0.2) is 0 Å². The second-order valence-corrected chi connectivity index (χ2v) is 6.05. The SMILES string of the molecule is N#Cc1ccc(N(Cc2ccccc2C#N)Cc2ccccc2C#N)cc1. The average molecular weight is 348 g/mol. The van der Waals surface area contributed by atoms with E-state index in [2.05, 4.69) is 23.1 Å². The van der Waals surface area contributed by atoms with Gasteiger partial charge in [0, 0.05) is 18.8 Å². The zero-order valence-corrected chi connectivity index (χ0v) is 14.6. The smallest absolute Gasteiger partial charge is 0.0995 e. The molecule has 0 spiro atoms. The molecule has 0 saturated carbocycles. The molecule has 0 bridgehead atoms. The monoisotopic (exact) mass is 348 g/mol. The zero-order chi connectivity index (χ0) is 19.1. The van der Waals surface area contributed by atoms with Crippen LogP contribution in [0.25, 0.3) is 0 Å². The lowest BCUT2D eigenvalue weighted by molar-refractivity contribution is 0.797. The highest BCUT2D eigenvalue weighted by molar-refractivity contribution is 5.53. The van der Waals surface area contributed by atoms with E-state index in [1.165, 1.54) is 0 Å². The second-order valence-electron chi connectivity index (χ2n) is 6.05. The first-order chi connectivity index (χ1) is 13.2. The topological polar surface area (TPSA) is 74.6 Å². The van der Waals surface area contributed by atoms with Crippen LogP contribution in [0.15, 0.2) is 72.8 Å². The van der Waals surface area contributed by atoms with Gasteiger partial charge in [-0.1, -0.05) is 36.4 Å². The molecule has 4 heteroatoms. The number of rotatable bonds is 5. The molecule has 0 aliphatic carbocycles. The number of nitrogens with zero attached hydrogens (tertiary/aromatic N) is 4. The number of hydrogen-bond donors (Lipinski definition) is 0. The van der Waals surface area contributed by atoms with Crippen molar-refractivity contribution in [1.82, 2.24) is 0 Å². The summed E-state index contributed by atoms with van der Waals surface area (Å²) in [6.07, 6.45) is 0. The minimum atomic E-state index is 0.523. The van der Waals surface area contributed by atoms with Gasteiger partial charge in [0.1, 0.15) is 0 Å². The summed E-state index contributed by atoms with van der Waals surface area (Å²) in [7, 11) is 0. The molecule has 0 atom stereocenters. The third kappa shape index (κ3) is 4.13. The van der Waals surface area contributed by atoms with E-state index in [9.17, 15) is 10.5 Å². The van der Waals surface area contributed by atoms with Crippen LogP contribution in [0.5, 0.6) is 0 Å². The van der Waals surface area contributed by atoms with Gasteiger partial charge in [-0.2, -0.15) is 15.8 Å². The molecule has 0 unspecified atom stereocenters. The van der Waals surface area contributed by atoms with Gasteiger partial charge in [-0.3, -0.25) is 0 Å². The van der Waals surface area contributed by atoms with Crippen LogP contribution in [0.1, 0.15) is 27.8 Å². The Hall–Kier alpha value is -4.07. The minimum absolute atomic E-state index is 0.523. The molecule has 3 aromatic rings. The van der Waals surface area contributed by atoms with E-state index in [1.807, 2.05) is 48.5 Å². The molecule has 0 aliphatic rings. The van der Waals surface area contributed by atoms with E-state index < -0.39 is 0 Å². The molecule has 0 fully saturated rings. The van der Waals surface area contributed by atoms with Crippen LogP contribution in [0.2, 0.25) is 0 Å². The summed E-state index contributed by atoms with van der Waals surface area (Å²) < 4.78 is 0. The Bertz CT molecular complexity index is 1000. The molecular formula is C23H16N4. The molecule has 0 saturated heterocycles. The van der Waals surface area contributed by atoms with Gasteiger partial charge in [-0.05, 0) is 47.5 Å². The molecule has 0 radical (unpaired) electrons. The van der Waals surface area contributed by atoms with Crippen LogP contribution in [0, 0.1) is 34.0 Å². The van der Waals surface area contributed by atoms with Crippen molar-refractivity contribution in [2.75, 3.05) is 4.90 Å². The van der Waals surface area contributed by atoms with Crippen molar-refractivity contribution < 1.29 is 0 Å². The highest BCUT2D eigenvalue weighted by atomic mass is 15.1. The maximum Gasteiger partial charge on any atom is 0.0995 e. The van der Waals surface area contributed by atoms with Crippen molar-refractivity contribution in [3.63, 3.8) is 0 Å². The van der Waals surface area contributed by atoms with E-state index in [4.69, 9.17) is 5.26 Å². The summed E-state index contributed by atoms with van der Waals surface area (Å²) in [6.45, 7) is 1.05. The van der Waals surface area contributed by atoms with Crippen molar-refractivity contribution in [2.24, 2.45) is 0 Å². The van der Waals surface area contributed by atoms with Crippen LogP contribution < -0.4 is 4.90 Å². The van der Waals surface area contributed by atoms with Crippen LogP contribution >= 0.6 is 0 Å². The highest BCUT2D eigenvalue weighted by Crippen LogP contribution is 2.23. The molecule has 3 rings (SSSR count). The van der Waals surface area contributed by atoms with E-state index in [0.717, 1.165) is 16.8 Å². The van der Waals surface area contributed by atoms with Crippen molar-refractivity contribution >= 4 is 5.69 Å². The summed E-state index contributed by atoms with van der Waals surface area (Å²) in [5, 5.41) is 27.8. The Kier molecular flexibility index (Phi) is 5.48. The first kappa shape index (κ1) is 17.7. The molecule has 27 heavy (non-hydrogen) atoms. The van der Waals surface area contributed by atoms with Gasteiger partial charge in [-0.15, -0.1) is 0 Å². The summed E-state index contributed by atoms with van der Waals surface area (Å²) in [5.74, 6) is 0. The predicted molar refractivity (Wildman–Crippen MR) is 103 cm³/mol. The van der Waals surface area contributed by atoms with Gasteiger partial charge >= 0.3 is 0 Å². The van der Waals surface area contributed by atoms with Crippen molar-refractivity contribution in [2.45, 2.75) is 13.1 Å². The second kappa shape index (κ2) is 8.34. The first-order valence-electron chi connectivity index (χ1n) is 8.46. The molecule has 0 heterocycles. The van der Waals surface area contributed by atoms with Crippen molar-refractivity contribution in [3.8, 4) is 18.2 Å². The fourth-order valence-electron chi connectivity index (χ4n) is 2.93. The summed E-state index contributed by atoms with van der Waals surface area (Å²) in [6, 6.07) is 28.9. The van der Waals surface area contributed by atoms with Gasteiger partial charge < -0.3 is 4.90 Å². The third-order valence-electron chi connectivity index (χ3n) is 4.36. The van der Waals surface area contributed by atoms with Gasteiger partial charge in [0.05, 0.1) is 34.9 Å². The lowest BCUT2D eigenvalue weighted by Crippen LogP contribution is -2.23. The highest BCUT2D eigenvalue weighted by Gasteiger charge is 2.13. The fourth-order valence-corrected chi connectivity index (χ4v) is 2.93. The molecule has 0 N–H and O–H groups in total. The Labute approximate surface area is 158 Å². The molecule has 4 nitrogen and oxygen atoms in total. The number of nitriles is 3. The number of benzene rings is 3. The number of hydrogen-bond acceptors (Lipinski definition) is 4. The normalized spacial score (nSPS) is 9.67. The summed E-state index contributed by atoms with van der Waals surface area (Å²) >= 11 is 0. The van der Waals surface area contributed by atoms with E-state index in [0.29, 0.717) is 29.8 Å². The predicted octanol–water partition coefficient (Wildman–Crippen LogP) is 4.51. The molecular weight excluding hydrogens is 332 g/mol. The van der Waals surface area contributed by atoms with Gasteiger partial charge in [0.2, 0.25) is 0 Å². The van der Waals surface area contributed by atoms with Crippen molar-refractivity contribution in [3.05, 3.63) is 101 Å². The zero-order valence-electron chi connectivity index (χ0n) is 14.6. The van der Waals surface area contributed by atoms with Crippen LogP contribution in [-0.4, -0.2) is 0 Å². The quantitative estimate of drug-likeness (QED) is 0.680. The third-order valence-corrected chi connectivity index (χ3v) is 4.36. The average Bonchev–Trinajstić information content (AvgIpc) is 2.74. The molecule has 0 aromatic heterocycles. The first-order valence-corrected chi connectivity index (χ1v) is 8.46. The Morgan fingerprint density at radius 1 is 0.593 bits per heavy atom. The maximum absolute atomic E-state index is 9.39. The number of anilines is 1. The molecule has 0 amide bonds. The molecule has 128 valence electrons. The van der Waals surface area contributed by atoms with Crippen LogP contribution in [-0.2, 0) is 13.1 Å². The fraction of sp³-hybridized carbons (Fsp3) is 0.0870. The maximum atomic E-state index is 9.39. The largest absolute Gasteiger partial charge is 0.363 e. The van der Waals surface area contributed by atoms with Crippen LogP contribution in [0.4, 0.5) is 5.69 Å². The van der Waals surface area contributed by atoms with Gasteiger partial charge in [0.25, 0.3) is 0 Å². The van der Waals surface area contributed by atoms with E-state index in [1.54, 1.807) is 24.3 Å². The molecule has 3 aromatic carbocycles. The summed E-state index contributed by atoms with van der Waals surface area (Å²) in [5.41, 5.74) is 4.61. The molecule has 0 aliphatic heterocycles. The lowest BCUT2D eigenvalue weighted by atomic mass is 10.0. The Morgan fingerprint density at radius 2 is 1.07 bits per heavy atom. The Morgan fingerprint density at radius 3 is 1.52 bits per heavy atom. The van der Waals surface area contributed by atoms with E-state index >= 15 is 0 Å². The van der Waals surface area contributed by atoms with Crippen molar-refractivity contribution in [1.29, 1.82) is 15.8 Å². The Balaban J connectivity index is 1.99.